The molecule has 4 heterocycles. The van der Waals surface area contributed by atoms with Crippen molar-refractivity contribution in [2.24, 2.45) is 5.92 Å². The smallest absolute Gasteiger partial charge is 0.222 e. The first kappa shape index (κ1) is 25.4. The van der Waals surface area contributed by atoms with Gasteiger partial charge in [-0.3, -0.25) is 4.79 Å². The molecule has 2 saturated heterocycles. The van der Waals surface area contributed by atoms with Crippen LogP contribution >= 0.6 is 11.6 Å². The fourth-order valence-electron chi connectivity index (χ4n) is 7.07. The molecule has 7 heteroatoms. The number of nitrogens with zero attached hydrogens (tertiary/aromatic N) is 4. The highest BCUT2D eigenvalue weighted by atomic mass is 35.5. The molecule has 2 unspecified atom stereocenters. The number of ether oxygens (including phenoxy) is 1. The number of amides is 1. The largest absolute Gasteiger partial charge is 0.497 e. The molecule has 0 saturated carbocycles. The zero-order chi connectivity index (χ0) is 26.3. The molecule has 2 aromatic carbocycles. The summed E-state index contributed by atoms with van der Waals surface area (Å²) < 4.78 is 7.85. The summed E-state index contributed by atoms with van der Waals surface area (Å²) in [5.41, 5.74) is 2.74. The van der Waals surface area contributed by atoms with E-state index in [-0.39, 0.29) is 5.91 Å². The minimum atomic E-state index is -0.557. The zero-order valence-electron chi connectivity index (χ0n) is 22.4. The number of hydrogen-bond donors (Lipinski definition) is 0. The maximum Gasteiger partial charge on any atom is 0.222 e. The van der Waals surface area contributed by atoms with E-state index in [0.29, 0.717) is 29.8 Å². The summed E-state index contributed by atoms with van der Waals surface area (Å²) >= 11 is 6.29. The maximum absolute atomic E-state index is 13.6. The molecule has 0 N–H and O–H groups in total. The van der Waals surface area contributed by atoms with Crippen LogP contribution in [-0.2, 0) is 10.3 Å². The lowest BCUT2D eigenvalue weighted by Crippen LogP contribution is -2.45. The minimum Gasteiger partial charge on any atom is -0.497 e. The summed E-state index contributed by atoms with van der Waals surface area (Å²) in [5, 5.41) is 0.695. The number of halogens is 1. The third-order valence-electron chi connectivity index (χ3n) is 9.28. The molecule has 0 aliphatic carbocycles. The van der Waals surface area contributed by atoms with E-state index in [1.807, 2.05) is 30.6 Å². The molecule has 1 aromatic heterocycles. The molecule has 6 rings (SSSR count). The first-order valence-corrected chi connectivity index (χ1v) is 14.4. The average molecular weight is 533 g/mol. The highest BCUT2D eigenvalue weighted by Crippen LogP contribution is 2.50. The zero-order valence-corrected chi connectivity index (χ0v) is 23.2. The van der Waals surface area contributed by atoms with Gasteiger partial charge in [-0.05, 0) is 99.5 Å². The van der Waals surface area contributed by atoms with E-state index in [2.05, 4.69) is 45.6 Å². The number of hydrogen-bond acceptors (Lipinski definition) is 4. The number of likely N-dealkylation sites (tertiary alicyclic amines) is 2. The van der Waals surface area contributed by atoms with E-state index >= 15 is 0 Å². The van der Waals surface area contributed by atoms with Gasteiger partial charge in [0, 0.05) is 48.5 Å². The van der Waals surface area contributed by atoms with Crippen molar-refractivity contribution < 1.29 is 9.53 Å². The molecule has 200 valence electrons. The van der Waals surface area contributed by atoms with Crippen LogP contribution in [0.2, 0.25) is 5.02 Å². The maximum atomic E-state index is 13.6. The van der Waals surface area contributed by atoms with E-state index in [4.69, 9.17) is 21.3 Å². The van der Waals surface area contributed by atoms with Crippen LogP contribution in [0.15, 0.2) is 54.9 Å². The van der Waals surface area contributed by atoms with Crippen molar-refractivity contribution in [3.63, 3.8) is 0 Å². The lowest BCUT2D eigenvalue weighted by molar-refractivity contribution is -0.133. The second kappa shape index (κ2) is 10.4. The first-order valence-electron chi connectivity index (χ1n) is 14.0. The fourth-order valence-corrected chi connectivity index (χ4v) is 7.20. The third-order valence-corrected chi connectivity index (χ3v) is 9.53. The van der Waals surface area contributed by atoms with Crippen LogP contribution in [-0.4, -0.2) is 64.6 Å². The van der Waals surface area contributed by atoms with Crippen molar-refractivity contribution in [3.8, 4) is 17.1 Å². The molecular weight excluding hydrogens is 496 g/mol. The van der Waals surface area contributed by atoms with E-state index in [0.717, 1.165) is 54.2 Å². The van der Waals surface area contributed by atoms with Crippen LogP contribution in [0.3, 0.4) is 0 Å². The molecule has 6 nitrogen and oxygen atoms in total. The topological polar surface area (TPSA) is 50.6 Å². The number of carbonyl (C=O) groups is 1. The standard InChI is InChI=1S/C31H37ClN4O2/c1-22(34-16-3-4-17-34)23-12-18-35(19-13-23)29(37)11-14-31(24-5-7-25(32)8-6-24)28-21-26(38-2)9-10-27(28)30-33-15-20-36(30)31/h5-10,15,20-23H,3-4,11-14,16-19H2,1-2H3. The van der Waals surface area contributed by atoms with Crippen molar-refractivity contribution in [2.75, 3.05) is 33.3 Å². The quantitative estimate of drug-likeness (QED) is 0.385. The summed E-state index contributed by atoms with van der Waals surface area (Å²) in [6.07, 6.45) is 9.82. The van der Waals surface area contributed by atoms with E-state index < -0.39 is 5.54 Å². The van der Waals surface area contributed by atoms with Crippen molar-refractivity contribution >= 4 is 17.5 Å². The number of methoxy groups -OCH3 is 1. The van der Waals surface area contributed by atoms with Gasteiger partial charge >= 0.3 is 0 Å². The Bertz CT molecular complexity index is 1290. The van der Waals surface area contributed by atoms with Crippen LogP contribution in [0, 0.1) is 5.92 Å². The van der Waals surface area contributed by atoms with E-state index in [1.54, 1.807) is 7.11 Å². The molecule has 1 amide bonds. The highest BCUT2D eigenvalue weighted by molar-refractivity contribution is 6.30. The molecule has 3 aliphatic rings. The van der Waals surface area contributed by atoms with Crippen molar-refractivity contribution in [1.82, 2.24) is 19.4 Å². The summed E-state index contributed by atoms with van der Waals surface area (Å²) in [4.78, 5) is 23.1. The van der Waals surface area contributed by atoms with E-state index in [1.165, 1.54) is 25.9 Å². The number of rotatable bonds is 7. The first-order chi connectivity index (χ1) is 18.5. The second-order valence-corrected chi connectivity index (χ2v) is 11.5. The van der Waals surface area contributed by atoms with Gasteiger partial charge in [0.2, 0.25) is 5.91 Å². The SMILES string of the molecule is COc1ccc2c(c1)C(CCC(=O)N1CCC(C(C)N3CCCC3)CC1)(c1ccc(Cl)cc1)n1ccnc1-2. The minimum absolute atomic E-state index is 0.239. The van der Waals surface area contributed by atoms with Crippen LogP contribution in [0.5, 0.6) is 5.75 Å². The van der Waals surface area contributed by atoms with Gasteiger partial charge in [0.15, 0.2) is 0 Å². The summed E-state index contributed by atoms with van der Waals surface area (Å²) in [5.74, 6) is 2.64. The van der Waals surface area contributed by atoms with E-state index in [9.17, 15) is 4.79 Å². The van der Waals surface area contributed by atoms with Crippen LogP contribution in [0.4, 0.5) is 0 Å². The summed E-state index contributed by atoms with van der Waals surface area (Å²) in [6, 6.07) is 14.8. The Morgan fingerprint density at radius 3 is 2.55 bits per heavy atom. The van der Waals surface area contributed by atoms with Gasteiger partial charge in [0.25, 0.3) is 0 Å². The number of fused-ring (bicyclic) bond motifs is 3. The lowest BCUT2D eigenvalue weighted by Gasteiger charge is -2.39. The molecule has 2 atom stereocenters. The summed E-state index contributed by atoms with van der Waals surface area (Å²) in [7, 11) is 1.69. The predicted molar refractivity (Wildman–Crippen MR) is 151 cm³/mol. The average Bonchev–Trinajstić information content (AvgIpc) is 3.71. The molecule has 38 heavy (non-hydrogen) atoms. The molecular formula is C31H37ClN4O2. The normalized spacial score (nSPS) is 22.3. The Hall–Kier alpha value is -2.83. The van der Waals surface area contributed by atoms with Gasteiger partial charge in [0.05, 0.1) is 12.6 Å². The molecule has 3 aliphatic heterocycles. The molecule has 2 fully saturated rings. The molecule has 0 spiro atoms. The van der Waals surface area contributed by atoms with Crippen molar-refractivity contribution in [2.45, 2.75) is 57.0 Å². The number of aromatic nitrogens is 2. The molecule has 3 aromatic rings. The van der Waals surface area contributed by atoms with Crippen LogP contribution in [0.1, 0.15) is 56.6 Å². The van der Waals surface area contributed by atoms with Crippen molar-refractivity contribution in [3.05, 3.63) is 71.0 Å². The second-order valence-electron chi connectivity index (χ2n) is 11.1. The van der Waals surface area contributed by atoms with Crippen LogP contribution < -0.4 is 4.74 Å². The molecule has 0 bridgehead atoms. The Kier molecular flexibility index (Phi) is 6.95. The monoisotopic (exact) mass is 532 g/mol. The Morgan fingerprint density at radius 1 is 1.11 bits per heavy atom. The Labute approximate surface area is 230 Å². The molecule has 0 radical (unpaired) electrons. The number of piperidine rings is 1. The summed E-state index contributed by atoms with van der Waals surface area (Å²) in [6.45, 7) is 6.57. The number of carbonyl (C=O) groups excluding carboxylic acids is 1. The van der Waals surface area contributed by atoms with Gasteiger partial charge < -0.3 is 19.1 Å². The van der Waals surface area contributed by atoms with Gasteiger partial charge in [0.1, 0.15) is 11.6 Å². The highest BCUT2D eigenvalue weighted by Gasteiger charge is 2.45. The lowest BCUT2D eigenvalue weighted by atomic mass is 9.79. The number of benzene rings is 2. The third kappa shape index (κ3) is 4.32. The predicted octanol–water partition coefficient (Wildman–Crippen LogP) is 5.82. The van der Waals surface area contributed by atoms with Crippen molar-refractivity contribution in [1.29, 1.82) is 0 Å². The van der Waals surface area contributed by atoms with Gasteiger partial charge in [-0.25, -0.2) is 4.98 Å². The Morgan fingerprint density at radius 2 is 1.84 bits per heavy atom. The number of imidazole rings is 1. The van der Waals surface area contributed by atoms with Crippen LogP contribution in [0.25, 0.3) is 11.4 Å². The fraction of sp³-hybridized carbons (Fsp3) is 0.484. The Balaban J connectivity index is 1.25. The van der Waals surface area contributed by atoms with Gasteiger partial charge in [-0.1, -0.05) is 23.7 Å². The van der Waals surface area contributed by atoms with Gasteiger partial charge in [-0.15, -0.1) is 0 Å². The van der Waals surface area contributed by atoms with Gasteiger partial charge in [-0.2, -0.15) is 0 Å².